The van der Waals surface area contributed by atoms with E-state index in [1.807, 2.05) is 13.8 Å². The van der Waals surface area contributed by atoms with E-state index in [2.05, 4.69) is 5.32 Å². The van der Waals surface area contributed by atoms with Crippen LogP contribution in [0.2, 0.25) is 0 Å². The zero-order valence-corrected chi connectivity index (χ0v) is 11.3. The molecule has 0 aliphatic carbocycles. The highest BCUT2D eigenvalue weighted by atomic mass is 32.2. The minimum Gasteiger partial charge on any atom is -0.314 e. The summed E-state index contributed by atoms with van der Waals surface area (Å²) in [6.07, 6.45) is 1.72. The molecule has 0 aromatic carbocycles. The van der Waals surface area contributed by atoms with Gasteiger partial charge in [-0.3, -0.25) is 0 Å². The lowest BCUT2D eigenvalue weighted by Gasteiger charge is -2.33. The first-order valence-electron chi connectivity index (χ1n) is 5.97. The fourth-order valence-electron chi connectivity index (χ4n) is 2.05. The number of hydrogen-bond donors (Lipinski definition) is 1. The molecule has 0 bridgehead atoms. The van der Waals surface area contributed by atoms with Crippen molar-refractivity contribution in [1.82, 2.24) is 13.9 Å². The second-order valence-corrected chi connectivity index (χ2v) is 6.13. The topological polar surface area (TPSA) is 52.7 Å². The van der Waals surface area contributed by atoms with Gasteiger partial charge in [-0.05, 0) is 12.8 Å². The average molecular weight is 249 g/mol. The molecule has 0 radical (unpaired) electrons. The van der Waals surface area contributed by atoms with Gasteiger partial charge in [0.2, 0.25) is 0 Å². The minimum absolute atomic E-state index is 0.111. The van der Waals surface area contributed by atoms with Gasteiger partial charge in [0, 0.05) is 39.3 Å². The van der Waals surface area contributed by atoms with Gasteiger partial charge in [0.1, 0.15) is 0 Å². The molecule has 96 valence electrons. The highest BCUT2D eigenvalue weighted by Crippen LogP contribution is 2.15. The van der Waals surface area contributed by atoms with E-state index in [4.69, 9.17) is 0 Å². The lowest BCUT2D eigenvalue weighted by atomic mass is 10.2. The fraction of sp³-hybridized carbons (Fsp3) is 1.00. The van der Waals surface area contributed by atoms with Gasteiger partial charge < -0.3 is 5.32 Å². The second-order valence-electron chi connectivity index (χ2n) is 4.14. The van der Waals surface area contributed by atoms with Crippen molar-refractivity contribution in [3.05, 3.63) is 0 Å². The van der Waals surface area contributed by atoms with Crippen molar-refractivity contribution < 1.29 is 8.42 Å². The Balaban J connectivity index is 2.74. The summed E-state index contributed by atoms with van der Waals surface area (Å²) in [5.41, 5.74) is 0. The fourth-order valence-corrected chi connectivity index (χ4v) is 3.73. The lowest BCUT2D eigenvalue weighted by Crippen LogP contribution is -2.52. The van der Waals surface area contributed by atoms with Gasteiger partial charge in [0.25, 0.3) is 10.2 Å². The van der Waals surface area contributed by atoms with Crippen LogP contribution < -0.4 is 5.32 Å². The number of nitrogens with one attached hydrogen (secondary N) is 1. The highest BCUT2D eigenvalue weighted by Gasteiger charge is 2.31. The van der Waals surface area contributed by atoms with E-state index in [1.54, 1.807) is 11.4 Å². The molecular formula is C10H23N3O2S. The Kier molecular flexibility index (Phi) is 5.17. The van der Waals surface area contributed by atoms with Crippen LogP contribution in [0.25, 0.3) is 0 Å². The SMILES string of the molecule is CCC(CC)N(C)S(=O)(=O)N1CCNCC1. The molecule has 16 heavy (non-hydrogen) atoms. The van der Waals surface area contributed by atoms with Crippen LogP contribution in [-0.2, 0) is 10.2 Å². The minimum atomic E-state index is -3.26. The van der Waals surface area contributed by atoms with Crippen LogP contribution in [-0.4, -0.2) is 56.3 Å². The predicted octanol–water partition coefficient (Wildman–Crippen LogP) is 0.257. The molecule has 0 aromatic heterocycles. The number of piperazine rings is 1. The predicted molar refractivity (Wildman–Crippen MR) is 65.5 cm³/mol. The van der Waals surface area contributed by atoms with Gasteiger partial charge in [-0.1, -0.05) is 13.8 Å². The zero-order chi connectivity index (χ0) is 12.2. The first-order chi connectivity index (χ1) is 7.54. The molecule has 1 saturated heterocycles. The van der Waals surface area contributed by atoms with Crippen molar-refractivity contribution >= 4 is 10.2 Å². The van der Waals surface area contributed by atoms with Crippen molar-refractivity contribution in [3.63, 3.8) is 0 Å². The summed E-state index contributed by atoms with van der Waals surface area (Å²) in [5, 5.41) is 3.16. The van der Waals surface area contributed by atoms with E-state index < -0.39 is 10.2 Å². The summed E-state index contributed by atoms with van der Waals surface area (Å²) in [6, 6.07) is 0.111. The molecular weight excluding hydrogens is 226 g/mol. The first kappa shape index (κ1) is 13.9. The van der Waals surface area contributed by atoms with Crippen LogP contribution in [0.15, 0.2) is 0 Å². The monoisotopic (exact) mass is 249 g/mol. The molecule has 0 amide bonds. The summed E-state index contributed by atoms with van der Waals surface area (Å²) in [5.74, 6) is 0. The summed E-state index contributed by atoms with van der Waals surface area (Å²) >= 11 is 0. The highest BCUT2D eigenvalue weighted by molar-refractivity contribution is 7.86. The standard InChI is InChI=1S/C10H23N3O2S/c1-4-10(5-2)12(3)16(14,15)13-8-6-11-7-9-13/h10-11H,4-9H2,1-3H3. The van der Waals surface area contributed by atoms with Crippen molar-refractivity contribution in [2.45, 2.75) is 32.7 Å². The summed E-state index contributed by atoms with van der Waals surface area (Å²) in [6.45, 7) is 6.70. The quantitative estimate of drug-likeness (QED) is 0.760. The van der Waals surface area contributed by atoms with Crippen LogP contribution in [0.5, 0.6) is 0 Å². The smallest absolute Gasteiger partial charge is 0.282 e. The Bertz CT molecular complexity index is 295. The Labute approximate surface area is 99.0 Å². The van der Waals surface area contributed by atoms with Crippen LogP contribution in [0.1, 0.15) is 26.7 Å². The molecule has 0 spiro atoms. The van der Waals surface area contributed by atoms with E-state index in [-0.39, 0.29) is 6.04 Å². The van der Waals surface area contributed by atoms with E-state index in [1.165, 1.54) is 4.31 Å². The maximum absolute atomic E-state index is 12.3. The molecule has 1 aliphatic rings. The molecule has 1 rings (SSSR count). The summed E-state index contributed by atoms with van der Waals surface area (Å²) < 4.78 is 27.6. The third-order valence-electron chi connectivity index (χ3n) is 3.22. The number of nitrogens with zero attached hydrogens (tertiary/aromatic N) is 2. The Morgan fingerprint density at radius 2 is 1.75 bits per heavy atom. The Hall–Kier alpha value is -0.170. The average Bonchev–Trinajstić information content (AvgIpc) is 2.31. The Morgan fingerprint density at radius 1 is 1.25 bits per heavy atom. The first-order valence-corrected chi connectivity index (χ1v) is 7.37. The van der Waals surface area contributed by atoms with Gasteiger partial charge in [-0.2, -0.15) is 17.0 Å². The molecule has 1 heterocycles. The van der Waals surface area contributed by atoms with Crippen LogP contribution in [0.4, 0.5) is 0 Å². The molecule has 0 aromatic rings. The molecule has 6 heteroatoms. The van der Waals surface area contributed by atoms with Crippen molar-refractivity contribution in [3.8, 4) is 0 Å². The van der Waals surface area contributed by atoms with Gasteiger partial charge in [-0.15, -0.1) is 0 Å². The van der Waals surface area contributed by atoms with Crippen molar-refractivity contribution in [2.24, 2.45) is 0 Å². The molecule has 0 unspecified atom stereocenters. The molecule has 1 N–H and O–H groups in total. The molecule has 1 aliphatic heterocycles. The zero-order valence-electron chi connectivity index (χ0n) is 10.4. The molecule has 0 saturated carbocycles. The third-order valence-corrected chi connectivity index (χ3v) is 5.27. The van der Waals surface area contributed by atoms with Gasteiger partial charge in [0.05, 0.1) is 0 Å². The maximum atomic E-state index is 12.3. The number of hydrogen-bond acceptors (Lipinski definition) is 3. The van der Waals surface area contributed by atoms with E-state index >= 15 is 0 Å². The molecule has 0 atom stereocenters. The van der Waals surface area contributed by atoms with Crippen LogP contribution in [0.3, 0.4) is 0 Å². The van der Waals surface area contributed by atoms with Crippen molar-refractivity contribution in [1.29, 1.82) is 0 Å². The summed E-state index contributed by atoms with van der Waals surface area (Å²) in [4.78, 5) is 0. The molecule has 5 nitrogen and oxygen atoms in total. The van der Waals surface area contributed by atoms with Crippen molar-refractivity contribution in [2.75, 3.05) is 33.2 Å². The number of rotatable bonds is 5. The molecule has 1 fully saturated rings. The largest absolute Gasteiger partial charge is 0.314 e. The van der Waals surface area contributed by atoms with E-state index in [0.29, 0.717) is 13.1 Å². The normalized spacial score (nSPS) is 19.6. The summed E-state index contributed by atoms with van der Waals surface area (Å²) in [7, 11) is -1.57. The maximum Gasteiger partial charge on any atom is 0.282 e. The van der Waals surface area contributed by atoms with Gasteiger partial charge >= 0.3 is 0 Å². The Morgan fingerprint density at radius 3 is 2.19 bits per heavy atom. The second kappa shape index (κ2) is 5.95. The lowest BCUT2D eigenvalue weighted by molar-refractivity contribution is 0.288. The van der Waals surface area contributed by atoms with Gasteiger partial charge in [0.15, 0.2) is 0 Å². The van der Waals surface area contributed by atoms with Crippen LogP contribution in [0, 0.1) is 0 Å². The van der Waals surface area contributed by atoms with E-state index in [9.17, 15) is 8.42 Å². The van der Waals surface area contributed by atoms with Crippen LogP contribution >= 0.6 is 0 Å². The van der Waals surface area contributed by atoms with Gasteiger partial charge in [-0.25, -0.2) is 0 Å². The van der Waals surface area contributed by atoms with E-state index in [0.717, 1.165) is 25.9 Å². The third kappa shape index (κ3) is 2.94.